The Hall–Kier alpha value is -0.560. The van der Waals surface area contributed by atoms with E-state index in [2.05, 4.69) is 150 Å². The van der Waals surface area contributed by atoms with Crippen LogP contribution in [0.5, 0.6) is 0 Å². The smallest absolute Gasteiger partial charge is 0.0440 e. The quantitative estimate of drug-likeness (QED) is 0.109. The van der Waals surface area contributed by atoms with Gasteiger partial charge in [0.2, 0.25) is 0 Å². The van der Waals surface area contributed by atoms with E-state index < -0.39 is 0 Å². The van der Waals surface area contributed by atoms with E-state index in [0.29, 0.717) is 51.4 Å². The first kappa shape index (κ1) is 37.5. The van der Waals surface area contributed by atoms with E-state index in [1.54, 1.807) is 0 Å². The van der Waals surface area contributed by atoms with E-state index in [-0.39, 0.29) is 26.4 Å². The Morgan fingerprint density at radius 3 is 0.825 bits per heavy atom. The summed E-state index contributed by atoms with van der Waals surface area (Å²) in [6, 6.07) is 8.18. The second-order valence-corrected chi connectivity index (χ2v) is 12.8. The van der Waals surface area contributed by atoms with Crippen LogP contribution in [0.1, 0.15) is 73.6 Å². The molecule has 0 aromatic heterocycles. The van der Waals surface area contributed by atoms with Crippen molar-refractivity contribution in [1.29, 1.82) is 0 Å². The minimum atomic E-state index is 0.104. The lowest BCUT2D eigenvalue weighted by atomic mass is 9.98. The summed E-state index contributed by atoms with van der Waals surface area (Å²) in [5.41, 5.74) is 3.04. The first-order chi connectivity index (χ1) is 19.4. The molecule has 4 nitrogen and oxygen atoms in total. The van der Waals surface area contributed by atoms with E-state index in [0.717, 1.165) is 22.3 Å². The average Bonchev–Trinajstić information content (AvgIpc) is 2.94. The number of aliphatic hydroxyl groups is 4. The Morgan fingerprint density at radius 2 is 0.625 bits per heavy atom. The van der Waals surface area contributed by atoms with Gasteiger partial charge in [0.1, 0.15) is 0 Å². The van der Waals surface area contributed by atoms with Crippen LogP contribution in [0.2, 0.25) is 0 Å². The van der Waals surface area contributed by atoms with Crippen LogP contribution in [0, 0.1) is 61.6 Å². The Labute approximate surface area is 293 Å². The highest BCUT2D eigenvalue weighted by molar-refractivity contribution is 14.1. The summed E-state index contributed by atoms with van der Waals surface area (Å²) in [6.45, 7) is 0.414. The summed E-state index contributed by atoms with van der Waals surface area (Å²) >= 11 is 9.40. The molecule has 0 unspecified atom stereocenters. The van der Waals surface area contributed by atoms with Crippen molar-refractivity contribution >= 4 is 90.4 Å². The van der Waals surface area contributed by atoms with Crippen LogP contribution in [0.4, 0.5) is 0 Å². The van der Waals surface area contributed by atoms with Gasteiger partial charge in [-0.3, -0.25) is 0 Å². The molecule has 0 atom stereocenters. The fourth-order valence-electron chi connectivity index (χ4n) is 2.81. The molecule has 0 aliphatic heterocycles. The second-order valence-electron chi connectivity index (χ2n) is 8.14. The molecule has 0 bridgehead atoms. The van der Waals surface area contributed by atoms with Crippen LogP contribution in [0.25, 0.3) is 0 Å². The van der Waals surface area contributed by atoms with Gasteiger partial charge in [0.15, 0.2) is 0 Å². The van der Waals surface area contributed by atoms with Gasteiger partial charge in [0, 0.05) is 88.6 Å². The highest BCUT2D eigenvalue weighted by Crippen LogP contribution is 2.23. The molecule has 2 rings (SSSR count). The van der Waals surface area contributed by atoms with E-state index in [1.165, 1.54) is 14.3 Å². The van der Waals surface area contributed by atoms with Crippen molar-refractivity contribution in [3.8, 4) is 47.4 Å². The van der Waals surface area contributed by atoms with Gasteiger partial charge in [-0.1, -0.05) is 47.4 Å². The maximum Gasteiger partial charge on any atom is 0.0440 e. The number of hydrogen-bond donors (Lipinski definition) is 4. The van der Waals surface area contributed by atoms with Gasteiger partial charge in [0.05, 0.1) is 0 Å². The lowest BCUT2D eigenvalue weighted by Crippen LogP contribution is -1.93. The molecule has 40 heavy (non-hydrogen) atoms. The topological polar surface area (TPSA) is 80.9 Å². The third kappa shape index (κ3) is 16.2. The zero-order valence-corrected chi connectivity index (χ0v) is 30.7. The largest absolute Gasteiger partial charge is 0.396 e. The number of unbranched alkanes of at least 4 members (excludes halogenated alkanes) is 4. The minimum absolute atomic E-state index is 0.104. The third-order valence-electron chi connectivity index (χ3n) is 4.85. The zero-order valence-electron chi connectivity index (χ0n) is 22.1. The molecule has 0 aliphatic rings. The van der Waals surface area contributed by atoms with Gasteiger partial charge in [0.25, 0.3) is 0 Å². The van der Waals surface area contributed by atoms with Crippen LogP contribution < -0.4 is 0 Å². The Morgan fingerprint density at radius 1 is 0.400 bits per heavy atom. The maximum atomic E-state index is 8.95. The van der Waals surface area contributed by atoms with Crippen LogP contribution in [-0.4, -0.2) is 46.9 Å². The first-order valence-electron chi connectivity index (χ1n) is 12.7. The second kappa shape index (κ2) is 23.9. The minimum Gasteiger partial charge on any atom is -0.396 e. The van der Waals surface area contributed by atoms with Gasteiger partial charge in [-0.2, -0.15) is 0 Å². The van der Waals surface area contributed by atoms with Crippen molar-refractivity contribution in [2.75, 3.05) is 26.4 Å². The highest BCUT2D eigenvalue weighted by Gasteiger charge is 2.05. The molecule has 2 aromatic carbocycles. The number of hydrogen-bond acceptors (Lipinski definition) is 4. The van der Waals surface area contributed by atoms with Crippen molar-refractivity contribution in [2.24, 2.45) is 0 Å². The molecular formula is C32H32I4O4. The molecule has 0 aliphatic carbocycles. The molecule has 0 fully saturated rings. The molecule has 8 heteroatoms. The van der Waals surface area contributed by atoms with Gasteiger partial charge in [-0.15, -0.1) is 0 Å². The van der Waals surface area contributed by atoms with Crippen LogP contribution in [0.3, 0.4) is 0 Å². The Bertz CT molecular complexity index is 1130. The first-order valence-corrected chi connectivity index (χ1v) is 17.1. The van der Waals surface area contributed by atoms with E-state index in [4.69, 9.17) is 20.4 Å². The van der Waals surface area contributed by atoms with E-state index in [1.807, 2.05) is 12.1 Å². The molecule has 0 heterocycles. The van der Waals surface area contributed by atoms with Crippen LogP contribution >= 0.6 is 90.4 Å². The number of halogens is 4. The third-order valence-corrected chi connectivity index (χ3v) is 10.5. The predicted octanol–water partition coefficient (Wildman–Crippen LogP) is 6.29. The highest BCUT2D eigenvalue weighted by atomic mass is 127. The van der Waals surface area contributed by atoms with Crippen molar-refractivity contribution < 1.29 is 20.4 Å². The zero-order chi connectivity index (χ0) is 29.6. The van der Waals surface area contributed by atoms with Gasteiger partial charge in [-0.05, 0) is 140 Å². The number of rotatable bonds is 8. The summed E-state index contributed by atoms with van der Waals surface area (Å²) in [5.74, 6) is 24.8. The SMILES string of the molecule is Ic1cc(I)c(I)cc1I.OCCCC#Cc1cc(C#CCCCO)c(C#CCCCO)cc1C#CCCCO. The molecule has 0 saturated carbocycles. The average molecular weight is 988 g/mol. The van der Waals surface area contributed by atoms with Gasteiger partial charge in [-0.25, -0.2) is 0 Å². The molecule has 4 N–H and O–H groups in total. The van der Waals surface area contributed by atoms with Crippen molar-refractivity contribution in [1.82, 2.24) is 0 Å². The Kier molecular flexibility index (Phi) is 22.4. The molecule has 0 spiro atoms. The van der Waals surface area contributed by atoms with Crippen molar-refractivity contribution in [3.63, 3.8) is 0 Å². The van der Waals surface area contributed by atoms with E-state index >= 15 is 0 Å². The summed E-state index contributed by atoms with van der Waals surface area (Å²) in [4.78, 5) is 0. The molecular weight excluding hydrogens is 956 g/mol. The predicted molar refractivity (Wildman–Crippen MR) is 197 cm³/mol. The maximum absolute atomic E-state index is 8.95. The molecule has 0 saturated heterocycles. The molecule has 212 valence electrons. The number of aliphatic hydroxyl groups excluding tert-OH is 4. The summed E-state index contributed by atoms with van der Waals surface area (Å²) in [6.07, 6.45) is 4.84. The van der Waals surface area contributed by atoms with Gasteiger partial charge >= 0.3 is 0 Å². The summed E-state index contributed by atoms with van der Waals surface area (Å²) < 4.78 is 5.34. The van der Waals surface area contributed by atoms with Crippen molar-refractivity contribution in [3.05, 3.63) is 60.8 Å². The van der Waals surface area contributed by atoms with Gasteiger partial charge < -0.3 is 20.4 Å². The molecule has 0 amide bonds. The summed E-state index contributed by atoms with van der Waals surface area (Å²) in [5, 5.41) is 35.8. The van der Waals surface area contributed by atoms with E-state index in [9.17, 15) is 0 Å². The fraction of sp³-hybridized carbons (Fsp3) is 0.375. The Balaban J connectivity index is 0.000000667. The molecule has 0 radical (unpaired) electrons. The van der Waals surface area contributed by atoms with Crippen LogP contribution in [-0.2, 0) is 0 Å². The standard InChI is InChI=1S/C26H30O4.C6H2I4/c27-17-9-1-5-13-23-21-25(15-7-3-11-19-29)26(16-8-4-12-20-30)22-24(23)14-6-2-10-18-28;7-3-1-4(8)6(10)2-5(3)9/h21-22,27-30H,1-4,9-12,17-20H2;1-2H. The fourth-order valence-corrected chi connectivity index (χ4v) is 5.87. The van der Waals surface area contributed by atoms with Crippen LogP contribution in [0.15, 0.2) is 24.3 Å². The van der Waals surface area contributed by atoms with Crippen molar-refractivity contribution in [2.45, 2.75) is 51.4 Å². The number of benzene rings is 2. The lowest BCUT2D eigenvalue weighted by molar-refractivity contribution is 0.290. The molecule has 2 aromatic rings. The lowest BCUT2D eigenvalue weighted by Gasteiger charge is -2.03. The normalized spacial score (nSPS) is 9.40. The monoisotopic (exact) mass is 988 g/mol. The summed E-state index contributed by atoms with van der Waals surface area (Å²) in [7, 11) is 0.